The largest absolute Gasteiger partial charge is 0.497 e. The molecule has 2 nitrogen and oxygen atoms in total. The molecule has 0 bridgehead atoms. The summed E-state index contributed by atoms with van der Waals surface area (Å²) in [6.07, 6.45) is 4.27. The van der Waals surface area contributed by atoms with Crippen LogP contribution in [0.3, 0.4) is 0 Å². The van der Waals surface area contributed by atoms with E-state index >= 15 is 0 Å². The molecule has 3 heteroatoms. The average molecular weight is 265 g/mol. The molecule has 1 aromatic carbocycles. The van der Waals surface area contributed by atoms with Gasteiger partial charge in [-0.15, -0.1) is 0 Å². The maximum atomic E-state index is 9.29. The molecule has 1 unspecified atom stereocenters. The molecule has 0 aliphatic heterocycles. The number of hydrogen-bond acceptors (Lipinski definition) is 2. The molecule has 18 heavy (non-hydrogen) atoms. The van der Waals surface area contributed by atoms with E-state index < -0.39 is 10.0 Å². The Balaban J connectivity index is 2.48. The normalized spacial score (nSPS) is 15.8. The number of thiocyanates is 1. The summed E-state index contributed by atoms with van der Waals surface area (Å²) in [6, 6.07) is 8.20. The van der Waals surface area contributed by atoms with Gasteiger partial charge in [0.25, 0.3) is 0 Å². The fourth-order valence-electron chi connectivity index (χ4n) is 1.76. The highest BCUT2D eigenvalue weighted by atomic mass is 32.3. The summed E-state index contributed by atoms with van der Waals surface area (Å²) in [6.45, 7) is 4.32. The van der Waals surface area contributed by atoms with Gasteiger partial charge in [-0.1, -0.05) is 26.0 Å². The van der Waals surface area contributed by atoms with E-state index in [1.54, 1.807) is 7.11 Å². The third kappa shape index (κ3) is 3.96. The smallest absolute Gasteiger partial charge is 0.118 e. The lowest BCUT2D eigenvalue weighted by Crippen LogP contribution is -2.12. The number of ether oxygens (including phenoxy) is 1. The van der Waals surface area contributed by atoms with Crippen LogP contribution in [0.4, 0.5) is 0 Å². The first kappa shape index (κ1) is 14.9. The molecular weight excluding hydrogens is 242 g/mol. The SMILES string of the molecule is COc1ccc(CCCS(C)(C#N)C(C)C)cc1. The lowest BCUT2D eigenvalue weighted by Gasteiger charge is -2.31. The molecule has 0 N–H and O–H groups in total. The van der Waals surface area contributed by atoms with E-state index in [4.69, 9.17) is 4.74 Å². The summed E-state index contributed by atoms with van der Waals surface area (Å²) in [5.74, 6) is 1.93. The van der Waals surface area contributed by atoms with Crippen LogP contribution in [0.2, 0.25) is 0 Å². The fraction of sp³-hybridized carbons (Fsp3) is 0.533. The molecule has 0 spiro atoms. The Labute approximate surface area is 112 Å². The summed E-state index contributed by atoms with van der Waals surface area (Å²) in [5.41, 5.74) is 1.32. The van der Waals surface area contributed by atoms with Crippen LogP contribution in [0.1, 0.15) is 25.8 Å². The van der Waals surface area contributed by atoms with Crippen molar-refractivity contribution in [2.24, 2.45) is 0 Å². The standard InChI is InChI=1S/C15H23NOS/c1-13(2)18(4,12-16)11-5-6-14-7-9-15(17-3)10-8-14/h7-10,13H,5-6,11H2,1-4H3. The van der Waals surface area contributed by atoms with Gasteiger partial charge in [0.1, 0.15) is 11.2 Å². The van der Waals surface area contributed by atoms with Crippen molar-refractivity contribution in [2.45, 2.75) is 31.9 Å². The lowest BCUT2D eigenvalue weighted by molar-refractivity contribution is 0.414. The van der Waals surface area contributed by atoms with Gasteiger partial charge in [0.05, 0.1) is 7.11 Å². The highest BCUT2D eigenvalue weighted by Crippen LogP contribution is 2.48. The summed E-state index contributed by atoms with van der Waals surface area (Å²) in [5, 5.41) is 12.3. The minimum atomic E-state index is -1.10. The summed E-state index contributed by atoms with van der Waals surface area (Å²) < 4.78 is 5.14. The van der Waals surface area contributed by atoms with Crippen molar-refractivity contribution in [1.29, 1.82) is 5.26 Å². The zero-order valence-corrected chi connectivity index (χ0v) is 12.6. The molecular formula is C15H23NOS. The monoisotopic (exact) mass is 265 g/mol. The zero-order chi connectivity index (χ0) is 13.6. The van der Waals surface area contributed by atoms with E-state index in [9.17, 15) is 5.26 Å². The van der Waals surface area contributed by atoms with Crippen molar-refractivity contribution >= 4 is 10.0 Å². The quantitative estimate of drug-likeness (QED) is 0.730. The van der Waals surface area contributed by atoms with Crippen molar-refractivity contribution < 1.29 is 4.74 Å². The van der Waals surface area contributed by atoms with Gasteiger partial charge < -0.3 is 4.74 Å². The van der Waals surface area contributed by atoms with Crippen LogP contribution >= 0.6 is 10.0 Å². The van der Waals surface area contributed by atoms with E-state index in [0.29, 0.717) is 5.25 Å². The van der Waals surface area contributed by atoms with Crippen LogP contribution in [0.5, 0.6) is 5.75 Å². The number of nitriles is 1. The van der Waals surface area contributed by atoms with Gasteiger partial charge in [-0.3, -0.25) is 0 Å². The number of rotatable bonds is 6. The Bertz CT molecular complexity index is 407. The molecule has 1 aromatic rings. The fourth-order valence-corrected chi connectivity index (χ4v) is 3.27. The van der Waals surface area contributed by atoms with Crippen LogP contribution in [0.15, 0.2) is 24.3 Å². The van der Waals surface area contributed by atoms with E-state index in [1.165, 1.54) is 5.56 Å². The van der Waals surface area contributed by atoms with Gasteiger partial charge in [-0.25, -0.2) is 0 Å². The second kappa shape index (κ2) is 6.70. The number of hydrogen-bond donors (Lipinski definition) is 0. The predicted octanol–water partition coefficient (Wildman–Crippen LogP) is 3.95. The van der Waals surface area contributed by atoms with Gasteiger partial charge in [0, 0.05) is 0 Å². The minimum absolute atomic E-state index is 0.485. The van der Waals surface area contributed by atoms with Crippen LogP contribution < -0.4 is 4.74 Å². The van der Waals surface area contributed by atoms with Crippen LogP contribution in [-0.2, 0) is 6.42 Å². The van der Waals surface area contributed by atoms with E-state index in [0.717, 1.165) is 24.3 Å². The molecule has 1 atom stereocenters. The van der Waals surface area contributed by atoms with Crippen molar-refractivity contribution in [3.63, 3.8) is 0 Å². The Hall–Kier alpha value is -1.14. The molecule has 0 heterocycles. The van der Waals surface area contributed by atoms with Crippen molar-refractivity contribution in [3.8, 4) is 11.2 Å². The average Bonchev–Trinajstić information content (AvgIpc) is 2.39. The molecule has 0 amide bonds. The zero-order valence-electron chi connectivity index (χ0n) is 11.8. The molecule has 0 radical (unpaired) electrons. The summed E-state index contributed by atoms with van der Waals surface area (Å²) >= 11 is 0. The number of methoxy groups -OCH3 is 1. The van der Waals surface area contributed by atoms with Gasteiger partial charge in [0.2, 0.25) is 0 Å². The molecule has 0 saturated heterocycles. The maximum absolute atomic E-state index is 9.29. The van der Waals surface area contributed by atoms with Gasteiger partial charge in [-0.2, -0.15) is 15.3 Å². The number of aryl methyl sites for hydroxylation is 1. The topological polar surface area (TPSA) is 33.0 Å². The minimum Gasteiger partial charge on any atom is -0.497 e. The second-order valence-corrected chi connectivity index (χ2v) is 8.80. The second-order valence-electron chi connectivity index (χ2n) is 4.95. The number of nitrogens with zero attached hydrogens (tertiary/aromatic N) is 1. The first-order valence-corrected chi connectivity index (χ1v) is 8.58. The Morgan fingerprint density at radius 2 is 1.89 bits per heavy atom. The van der Waals surface area contributed by atoms with Crippen LogP contribution in [0, 0.1) is 10.7 Å². The van der Waals surface area contributed by atoms with E-state index in [-0.39, 0.29) is 0 Å². The van der Waals surface area contributed by atoms with Gasteiger partial charge >= 0.3 is 0 Å². The van der Waals surface area contributed by atoms with Crippen LogP contribution in [0.25, 0.3) is 0 Å². The molecule has 0 aromatic heterocycles. The molecule has 0 saturated carbocycles. The maximum Gasteiger partial charge on any atom is 0.118 e. The summed E-state index contributed by atoms with van der Waals surface area (Å²) in [4.78, 5) is 0. The van der Waals surface area contributed by atoms with Crippen molar-refractivity contribution in [1.82, 2.24) is 0 Å². The highest BCUT2D eigenvalue weighted by molar-refractivity contribution is 8.37. The molecule has 100 valence electrons. The molecule has 0 aliphatic carbocycles. The van der Waals surface area contributed by atoms with Crippen molar-refractivity contribution in [2.75, 3.05) is 19.1 Å². The Morgan fingerprint density at radius 1 is 1.28 bits per heavy atom. The van der Waals surface area contributed by atoms with E-state index in [1.807, 2.05) is 12.1 Å². The Kier molecular flexibility index (Phi) is 5.55. The third-order valence-corrected chi connectivity index (χ3v) is 7.08. The first-order valence-electron chi connectivity index (χ1n) is 6.30. The lowest BCUT2D eigenvalue weighted by atomic mass is 10.1. The molecule has 1 rings (SSSR count). The van der Waals surface area contributed by atoms with E-state index in [2.05, 4.69) is 37.6 Å². The molecule has 0 fully saturated rings. The summed E-state index contributed by atoms with van der Waals surface area (Å²) in [7, 11) is 0.584. The van der Waals surface area contributed by atoms with Crippen LogP contribution in [-0.4, -0.2) is 24.4 Å². The predicted molar refractivity (Wildman–Crippen MR) is 80.4 cm³/mol. The number of benzene rings is 1. The third-order valence-electron chi connectivity index (χ3n) is 3.44. The molecule has 0 aliphatic rings. The highest BCUT2D eigenvalue weighted by Gasteiger charge is 2.21. The van der Waals surface area contributed by atoms with Gasteiger partial charge in [-0.05, 0) is 47.8 Å². The first-order chi connectivity index (χ1) is 8.51. The van der Waals surface area contributed by atoms with Crippen molar-refractivity contribution in [3.05, 3.63) is 29.8 Å². The van der Waals surface area contributed by atoms with Gasteiger partial charge in [0.15, 0.2) is 0 Å². The Morgan fingerprint density at radius 3 is 2.33 bits per heavy atom.